The molecule has 1 saturated heterocycles. The first-order chi connectivity index (χ1) is 6.90. The standard InChI is InChI=1S/C10H14ClNOS/c11-5-10-7-13-3-2-12(10)6-9-1-4-14-8-9/h1,4,8,10H,2-3,5-7H2. The first-order valence-corrected chi connectivity index (χ1v) is 6.26. The summed E-state index contributed by atoms with van der Waals surface area (Å²) in [6.07, 6.45) is 0. The molecule has 78 valence electrons. The van der Waals surface area contributed by atoms with Gasteiger partial charge in [0.1, 0.15) is 0 Å². The van der Waals surface area contributed by atoms with Gasteiger partial charge < -0.3 is 4.74 Å². The van der Waals surface area contributed by atoms with Gasteiger partial charge in [0, 0.05) is 25.0 Å². The number of thiophene rings is 1. The third kappa shape index (κ3) is 2.48. The number of rotatable bonds is 3. The summed E-state index contributed by atoms with van der Waals surface area (Å²) in [6, 6.07) is 2.55. The highest BCUT2D eigenvalue weighted by atomic mass is 35.5. The second-order valence-corrected chi connectivity index (χ2v) is 4.57. The molecule has 1 atom stereocenters. The topological polar surface area (TPSA) is 12.5 Å². The fourth-order valence-electron chi connectivity index (χ4n) is 1.66. The molecule has 1 unspecified atom stereocenters. The van der Waals surface area contributed by atoms with Gasteiger partial charge in [0.2, 0.25) is 0 Å². The highest BCUT2D eigenvalue weighted by Crippen LogP contribution is 2.15. The number of hydrogen-bond acceptors (Lipinski definition) is 3. The third-order valence-electron chi connectivity index (χ3n) is 2.49. The zero-order chi connectivity index (χ0) is 9.80. The van der Waals surface area contributed by atoms with Gasteiger partial charge in [-0.15, -0.1) is 11.6 Å². The Bertz CT molecular complexity index is 265. The van der Waals surface area contributed by atoms with E-state index in [-0.39, 0.29) is 0 Å². The molecule has 2 nitrogen and oxygen atoms in total. The van der Waals surface area contributed by atoms with Crippen molar-refractivity contribution >= 4 is 22.9 Å². The van der Waals surface area contributed by atoms with Gasteiger partial charge in [-0.25, -0.2) is 0 Å². The predicted molar refractivity (Wildman–Crippen MR) is 60.1 cm³/mol. The zero-order valence-electron chi connectivity index (χ0n) is 7.99. The van der Waals surface area contributed by atoms with Gasteiger partial charge in [-0.3, -0.25) is 4.90 Å². The largest absolute Gasteiger partial charge is 0.378 e. The Balaban J connectivity index is 1.94. The molecule has 1 aromatic rings. The van der Waals surface area contributed by atoms with Crippen LogP contribution < -0.4 is 0 Å². The molecule has 0 saturated carbocycles. The first-order valence-electron chi connectivity index (χ1n) is 4.79. The van der Waals surface area contributed by atoms with Crippen LogP contribution >= 0.6 is 22.9 Å². The molecule has 0 radical (unpaired) electrons. The first kappa shape index (κ1) is 10.4. The summed E-state index contributed by atoms with van der Waals surface area (Å²) in [5.41, 5.74) is 1.38. The average molecular weight is 232 g/mol. The Morgan fingerprint density at radius 2 is 2.57 bits per heavy atom. The summed E-state index contributed by atoms with van der Waals surface area (Å²) < 4.78 is 5.40. The number of ether oxygens (including phenoxy) is 1. The SMILES string of the molecule is ClCC1COCCN1Cc1ccsc1. The lowest BCUT2D eigenvalue weighted by molar-refractivity contribution is -0.00298. The van der Waals surface area contributed by atoms with E-state index >= 15 is 0 Å². The third-order valence-corrected chi connectivity index (χ3v) is 3.58. The summed E-state index contributed by atoms with van der Waals surface area (Å²) in [4.78, 5) is 2.40. The zero-order valence-corrected chi connectivity index (χ0v) is 9.56. The minimum Gasteiger partial charge on any atom is -0.378 e. The van der Waals surface area contributed by atoms with E-state index in [9.17, 15) is 0 Å². The molecule has 1 aromatic heterocycles. The average Bonchev–Trinajstić information content (AvgIpc) is 2.71. The van der Waals surface area contributed by atoms with Crippen LogP contribution in [-0.2, 0) is 11.3 Å². The van der Waals surface area contributed by atoms with Crippen molar-refractivity contribution in [2.45, 2.75) is 12.6 Å². The number of alkyl halides is 1. The Morgan fingerprint density at radius 3 is 3.29 bits per heavy atom. The van der Waals surface area contributed by atoms with E-state index in [1.807, 2.05) is 0 Å². The fourth-order valence-corrected chi connectivity index (χ4v) is 2.60. The molecule has 2 rings (SSSR count). The summed E-state index contributed by atoms with van der Waals surface area (Å²) >= 11 is 7.64. The number of morpholine rings is 1. The van der Waals surface area contributed by atoms with Crippen molar-refractivity contribution in [2.75, 3.05) is 25.6 Å². The van der Waals surface area contributed by atoms with E-state index in [1.165, 1.54) is 5.56 Å². The van der Waals surface area contributed by atoms with Crippen LogP contribution in [0.4, 0.5) is 0 Å². The molecule has 1 aliphatic heterocycles. The van der Waals surface area contributed by atoms with Crippen LogP contribution in [0.5, 0.6) is 0 Å². The number of halogens is 1. The molecule has 1 aliphatic rings. The summed E-state index contributed by atoms with van der Waals surface area (Å²) in [6.45, 7) is 3.60. The predicted octanol–water partition coefficient (Wildman–Crippen LogP) is 2.19. The maximum atomic E-state index is 5.90. The quantitative estimate of drug-likeness (QED) is 0.740. The van der Waals surface area contributed by atoms with Crippen molar-refractivity contribution in [3.63, 3.8) is 0 Å². The fraction of sp³-hybridized carbons (Fsp3) is 0.600. The monoisotopic (exact) mass is 231 g/mol. The normalized spacial score (nSPS) is 23.9. The second kappa shape index (κ2) is 5.12. The van der Waals surface area contributed by atoms with Crippen LogP contribution in [0, 0.1) is 0 Å². The molecule has 0 aliphatic carbocycles. The lowest BCUT2D eigenvalue weighted by Crippen LogP contribution is -2.45. The highest BCUT2D eigenvalue weighted by molar-refractivity contribution is 7.07. The van der Waals surface area contributed by atoms with E-state index < -0.39 is 0 Å². The lowest BCUT2D eigenvalue weighted by atomic mass is 10.2. The maximum absolute atomic E-state index is 5.90. The number of hydrogen-bond donors (Lipinski definition) is 0. The van der Waals surface area contributed by atoms with Gasteiger partial charge in [0.25, 0.3) is 0 Å². The van der Waals surface area contributed by atoms with Crippen LogP contribution in [-0.4, -0.2) is 36.6 Å². The van der Waals surface area contributed by atoms with Crippen molar-refractivity contribution in [3.05, 3.63) is 22.4 Å². The molecule has 0 N–H and O–H groups in total. The molecule has 4 heteroatoms. The minimum atomic E-state index is 0.380. The molecule has 0 aromatic carbocycles. The van der Waals surface area contributed by atoms with Crippen LogP contribution in [0.2, 0.25) is 0 Å². The van der Waals surface area contributed by atoms with Crippen molar-refractivity contribution in [2.24, 2.45) is 0 Å². The van der Waals surface area contributed by atoms with Gasteiger partial charge >= 0.3 is 0 Å². The Hall–Kier alpha value is -0.0900. The van der Waals surface area contributed by atoms with E-state index in [1.54, 1.807) is 11.3 Å². The van der Waals surface area contributed by atoms with E-state index in [2.05, 4.69) is 21.7 Å². The van der Waals surface area contributed by atoms with Crippen molar-refractivity contribution in [3.8, 4) is 0 Å². The van der Waals surface area contributed by atoms with E-state index in [4.69, 9.17) is 16.3 Å². The second-order valence-electron chi connectivity index (χ2n) is 3.49. The Labute approximate surface area is 93.4 Å². The van der Waals surface area contributed by atoms with Crippen LogP contribution in [0.3, 0.4) is 0 Å². The smallest absolute Gasteiger partial charge is 0.0634 e. The van der Waals surface area contributed by atoms with Crippen LogP contribution in [0.1, 0.15) is 5.56 Å². The number of nitrogens with zero attached hydrogens (tertiary/aromatic N) is 1. The maximum Gasteiger partial charge on any atom is 0.0634 e. The molecular formula is C10H14ClNOS. The van der Waals surface area contributed by atoms with Gasteiger partial charge in [-0.2, -0.15) is 11.3 Å². The minimum absolute atomic E-state index is 0.380. The van der Waals surface area contributed by atoms with Gasteiger partial charge in [0.05, 0.1) is 13.2 Å². The van der Waals surface area contributed by atoms with E-state index in [0.29, 0.717) is 11.9 Å². The summed E-state index contributed by atoms with van der Waals surface area (Å²) in [7, 11) is 0. The molecule has 0 amide bonds. The molecule has 0 bridgehead atoms. The van der Waals surface area contributed by atoms with Crippen LogP contribution in [0.25, 0.3) is 0 Å². The van der Waals surface area contributed by atoms with Gasteiger partial charge in [0.15, 0.2) is 0 Å². The van der Waals surface area contributed by atoms with E-state index in [0.717, 1.165) is 26.3 Å². The van der Waals surface area contributed by atoms with Crippen LogP contribution in [0.15, 0.2) is 16.8 Å². The van der Waals surface area contributed by atoms with Gasteiger partial charge in [-0.1, -0.05) is 0 Å². The van der Waals surface area contributed by atoms with Crippen molar-refractivity contribution in [1.29, 1.82) is 0 Å². The molecule has 0 spiro atoms. The lowest BCUT2D eigenvalue weighted by Gasteiger charge is -2.34. The molecular weight excluding hydrogens is 218 g/mol. The Morgan fingerprint density at radius 1 is 1.64 bits per heavy atom. The summed E-state index contributed by atoms with van der Waals surface area (Å²) in [5.74, 6) is 0.657. The highest BCUT2D eigenvalue weighted by Gasteiger charge is 2.21. The molecule has 1 fully saturated rings. The summed E-state index contributed by atoms with van der Waals surface area (Å²) in [5, 5.41) is 4.31. The Kier molecular flexibility index (Phi) is 3.81. The molecule has 2 heterocycles. The molecule has 14 heavy (non-hydrogen) atoms. The van der Waals surface area contributed by atoms with Gasteiger partial charge in [-0.05, 0) is 22.4 Å². The van der Waals surface area contributed by atoms with Crippen molar-refractivity contribution < 1.29 is 4.74 Å². The van der Waals surface area contributed by atoms with Crippen molar-refractivity contribution in [1.82, 2.24) is 4.90 Å².